The first-order valence-corrected chi connectivity index (χ1v) is 7.72. The van der Waals surface area contributed by atoms with E-state index in [0.29, 0.717) is 5.69 Å². The molecule has 0 saturated carbocycles. The highest BCUT2D eigenvalue weighted by atomic mass is 19.4. The van der Waals surface area contributed by atoms with Crippen LogP contribution in [0.25, 0.3) is 0 Å². The first-order valence-electron chi connectivity index (χ1n) is 7.72. The zero-order chi connectivity index (χ0) is 19.1. The van der Waals surface area contributed by atoms with Crippen LogP contribution in [0.3, 0.4) is 0 Å². The van der Waals surface area contributed by atoms with Gasteiger partial charge in [-0.25, -0.2) is 9.59 Å². The highest BCUT2D eigenvalue weighted by Gasteiger charge is 2.61. The summed E-state index contributed by atoms with van der Waals surface area (Å²) in [6.07, 6.45) is -4.78. The van der Waals surface area contributed by atoms with E-state index in [1.54, 1.807) is 18.2 Å². The van der Waals surface area contributed by atoms with Gasteiger partial charge in [-0.05, 0) is 12.1 Å². The van der Waals surface area contributed by atoms with Gasteiger partial charge in [-0.2, -0.15) is 13.2 Å². The molecule has 1 N–H and O–H groups in total. The molecule has 1 aromatic heterocycles. The Morgan fingerprint density at radius 1 is 1.27 bits per heavy atom. The number of halogens is 3. The number of carboxylic acid groups (broad SMARTS) is 1. The summed E-state index contributed by atoms with van der Waals surface area (Å²) in [6.45, 7) is -2.37. The summed E-state index contributed by atoms with van der Waals surface area (Å²) in [5.74, 6) is -1.06. The average Bonchev–Trinajstić information content (AvgIpc) is 2.76. The van der Waals surface area contributed by atoms with Gasteiger partial charge in [0.15, 0.2) is 0 Å². The van der Waals surface area contributed by atoms with Gasteiger partial charge in [0.05, 0.1) is 6.54 Å². The van der Waals surface area contributed by atoms with Gasteiger partial charge < -0.3 is 14.9 Å². The smallest absolute Gasteiger partial charge is 0.407 e. The number of carbonyl (C=O) groups excluding carboxylic acids is 2. The molecular weight excluding hydrogens is 357 g/mol. The number of aromatic nitrogens is 1. The number of fused-ring (bicyclic) bond motifs is 1. The first kappa shape index (κ1) is 18.0. The summed E-state index contributed by atoms with van der Waals surface area (Å²) in [4.78, 5) is 42.8. The van der Waals surface area contributed by atoms with Gasteiger partial charge >= 0.3 is 18.3 Å². The molecule has 0 radical (unpaired) electrons. The Kier molecular flexibility index (Phi) is 4.24. The zero-order valence-corrected chi connectivity index (χ0v) is 13.4. The van der Waals surface area contributed by atoms with Crippen LogP contribution in [0.15, 0.2) is 24.4 Å². The number of hydrogen-bond acceptors (Lipinski definition) is 4. The molecule has 2 saturated heterocycles. The minimum Gasteiger partial charge on any atom is -0.465 e. The first-order chi connectivity index (χ1) is 12.1. The fourth-order valence-electron chi connectivity index (χ4n) is 3.37. The molecule has 2 aliphatic heterocycles. The van der Waals surface area contributed by atoms with E-state index < -0.39 is 42.8 Å². The lowest BCUT2D eigenvalue weighted by atomic mass is 9.88. The zero-order valence-electron chi connectivity index (χ0n) is 13.4. The van der Waals surface area contributed by atoms with Crippen LogP contribution in [0.2, 0.25) is 0 Å². The highest BCUT2D eigenvalue weighted by molar-refractivity contribution is 6.07. The number of imide groups is 1. The topological polar surface area (TPSA) is 94.0 Å². The van der Waals surface area contributed by atoms with Gasteiger partial charge in [0, 0.05) is 31.4 Å². The molecular formula is C15H15F3N4O4. The van der Waals surface area contributed by atoms with Gasteiger partial charge in [-0.3, -0.25) is 14.7 Å². The number of nitrogens with zero attached hydrogens (tertiary/aromatic N) is 4. The molecule has 4 amide bonds. The van der Waals surface area contributed by atoms with Crippen LogP contribution in [0, 0.1) is 0 Å². The summed E-state index contributed by atoms with van der Waals surface area (Å²) in [5, 5.41) is 9.25. The number of carbonyl (C=O) groups is 3. The second-order valence-electron chi connectivity index (χ2n) is 6.17. The minimum atomic E-state index is -4.75. The van der Waals surface area contributed by atoms with Crippen molar-refractivity contribution in [2.45, 2.75) is 18.1 Å². The summed E-state index contributed by atoms with van der Waals surface area (Å²) in [6, 6.07) is 3.77. The average molecular weight is 372 g/mol. The number of rotatable bonds is 3. The Morgan fingerprint density at radius 2 is 2.00 bits per heavy atom. The fourth-order valence-corrected chi connectivity index (χ4v) is 3.37. The predicted molar refractivity (Wildman–Crippen MR) is 80.1 cm³/mol. The third-order valence-corrected chi connectivity index (χ3v) is 4.48. The number of alkyl halides is 3. The number of amides is 4. The lowest BCUT2D eigenvalue weighted by Crippen LogP contribution is -2.64. The molecule has 0 spiro atoms. The predicted octanol–water partition coefficient (Wildman–Crippen LogP) is 1.18. The van der Waals surface area contributed by atoms with Crippen LogP contribution < -0.4 is 0 Å². The molecule has 1 atom stereocenters. The van der Waals surface area contributed by atoms with Crippen LogP contribution in [0.4, 0.5) is 22.8 Å². The van der Waals surface area contributed by atoms with Crippen molar-refractivity contribution in [1.82, 2.24) is 19.7 Å². The fraction of sp³-hybridized carbons (Fsp3) is 0.467. The Morgan fingerprint density at radius 3 is 2.58 bits per heavy atom. The highest BCUT2D eigenvalue weighted by Crippen LogP contribution is 2.36. The SMILES string of the molecule is O=C(O)N1CCN2C(=O)N(CC(F)(F)F)C(=O)[C@]2(Cc2ccccn2)C1. The van der Waals surface area contributed by atoms with Crippen LogP contribution >= 0.6 is 0 Å². The quantitative estimate of drug-likeness (QED) is 0.805. The lowest BCUT2D eigenvalue weighted by Gasteiger charge is -2.43. The van der Waals surface area contributed by atoms with Crippen molar-refractivity contribution in [2.24, 2.45) is 0 Å². The van der Waals surface area contributed by atoms with E-state index in [9.17, 15) is 32.7 Å². The van der Waals surface area contributed by atoms with Gasteiger partial charge in [0.2, 0.25) is 0 Å². The number of urea groups is 1. The summed E-state index contributed by atoms with van der Waals surface area (Å²) >= 11 is 0. The van der Waals surface area contributed by atoms with Crippen molar-refractivity contribution in [1.29, 1.82) is 0 Å². The third-order valence-electron chi connectivity index (χ3n) is 4.48. The van der Waals surface area contributed by atoms with E-state index in [1.807, 2.05) is 0 Å². The Labute approximate surface area is 145 Å². The van der Waals surface area contributed by atoms with E-state index >= 15 is 0 Å². The van der Waals surface area contributed by atoms with Gasteiger partial charge in [-0.1, -0.05) is 6.07 Å². The number of pyridine rings is 1. The third kappa shape index (κ3) is 3.04. The molecule has 1 aromatic rings. The van der Waals surface area contributed by atoms with Crippen molar-refractivity contribution >= 4 is 18.0 Å². The lowest BCUT2D eigenvalue weighted by molar-refractivity contribution is -0.155. The molecule has 140 valence electrons. The van der Waals surface area contributed by atoms with Crippen molar-refractivity contribution in [3.05, 3.63) is 30.1 Å². The maximum Gasteiger partial charge on any atom is 0.407 e. The Hall–Kier alpha value is -2.85. The molecule has 11 heteroatoms. The Bertz CT molecular complexity index is 742. The summed E-state index contributed by atoms with van der Waals surface area (Å²) in [7, 11) is 0. The molecule has 8 nitrogen and oxygen atoms in total. The molecule has 3 heterocycles. The largest absolute Gasteiger partial charge is 0.465 e. The van der Waals surface area contributed by atoms with Crippen LogP contribution in [0.1, 0.15) is 5.69 Å². The normalized spacial score (nSPS) is 23.4. The van der Waals surface area contributed by atoms with Crippen LogP contribution in [-0.2, 0) is 11.2 Å². The molecule has 2 aliphatic rings. The summed E-state index contributed by atoms with van der Waals surface area (Å²) < 4.78 is 38.4. The second-order valence-corrected chi connectivity index (χ2v) is 6.17. The molecule has 0 bridgehead atoms. The number of piperazine rings is 1. The van der Waals surface area contributed by atoms with E-state index in [2.05, 4.69) is 4.98 Å². The molecule has 0 unspecified atom stereocenters. The molecule has 2 fully saturated rings. The van der Waals surface area contributed by atoms with Gasteiger partial charge in [0.1, 0.15) is 12.1 Å². The van der Waals surface area contributed by atoms with Crippen molar-refractivity contribution < 1.29 is 32.7 Å². The van der Waals surface area contributed by atoms with Gasteiger partial charge in [0.25, 0.3) is 5.91 Å². The van der Waals surface area contributed by atoms with E-state index in [1.165, 1.54) is 6.20 Å². The van der Waals surface area contributed by atoms with Gasteiger partial charge in [-0.15, -0.1) is 0 Å². The molecule has 3 rings (SSSR count). The molecule has 0 aromatic carbocycles. The monoisotopic (exact) mass is 372 g/mol. The van der Waals surface area contributed by atoms with Crippen LogP contribution in [0.5, 0.6) is 0 Å². The van der Waals surface area contributed by atoms with Crippen LogP contribution in [-0.4, -0.2) is 80.7 Å². The Balaban J connectivity index is 2.01. The van der Waals surface area contributed by atoms with Crippen molar-refractivity contribution in [3.63, 3.8) is 0 Å². The molecule has 0 aliphatic carbocycles. The van der Waals surface area contributed by atoms with E-state index in [0.717, 1.165) is 9.80 Å². The van der Waals surface area contributed by atoms with Crippen molar-refractivity contribution in [2.75, 3.05) is 26.2 Å². The number of hydrogen-bond donors (Lipinski definition) is 1. The molecule has 26 heavy (non-hydrogen) atoms. The standard InChI is InChI=1S/C15H15F3N4O4/c16-15(17,18)9-21-11(23)14(7-10-3-1-2-4-19-10)8-20(13(25)26)5-6-22(14)12(21)24/h1-4H,5-9H2,(H,25,26)/t14-/m0/s1. The minimum absolute atomic E-state index is 0.0851. The second kappa shape index (κ2) is 6.15. The van der Waals surface area contributed by atoms with E-state index in [4.69, 9.17) is 0 Å². The maximum absolute atomic E-state index is 12.8. The summed E-state index contributed by atoms with van der Waals surface area (Å²) in [5.41, 5.74) is -1.35. The van der Waals surface area contributed by atoms with Crippen molar-refractivity contribution in [3.8, 4) is 0 Å². The van der Waals surface area contributed by atoms with E-state index in [-0.39, 0.29) is 24.4 Å². The maximum atomic E-state index is 12.8.